The van der Waals surface area contributed by atoms with Crippen molar-refractivity contribution in [3.63, 3.8) is 0 Å². The fourth-order valence-electron chi connectivity index (χ4n) is 2.31. The Bertz CT molecular complexity index is 311. The minimum atomic E-state index is 1.05. The monoisotopic (exact) mass is 174 g/mol. The van der Waals surface area contributed by atoms with Crippen molar-refractivity contribution >= 4 is 11.4 Å². The van der Waals surface area contributed by atoms with Crippen molar-refractivity contribution < 1.29 is 0 Å². The SMILES string of the molecule is c1c2c(cc3c1NCCN3)CCC2. The molecule has 2 heteroatoms. The van der Waals surface area contributed by atoms with Gasteiger partial charge < -0.3 is 10.6 Å². The molecule has 3 rings (SSSR count). The molecule has 0 atom stereocenters. The molecule has 1 aromatic rings. The molecule has 0 radical (unpaired) electrons. The second-order valence-electron chi connectivity index (χ2n) is 3.87. The first-order valence-corrected chi connectivity index (χ1v) is 5.07. The summed E-state index contributed by atoms with van der Waals surface area (Å²) in [7, 11) is 0. The molecule has 2 N–H and O–H groups in total. The van der Waals surface area contributed by atoms with E-state index in [0.29, 0.717) is 0 Å². The zero-order valence-electron chi connectivity index (χ0n) is 7.69. The minimum Gasteiger partial charge on any atom is -0.382 e. The number of hydrogen-bond acceptors (Lipinski definition) is 2. The van der Waals surface area contributed by atoms with Crippen molar-refractivity contribution in [2.45, 2.75) is 19.3 Å². The fourth-order valence-corrected chi connectivity index (χ4v) is 2.31. The predicted octanol–water partition coefficient (Wildman–Crippen LogP) is 2.01. The van der Waals surface area contributed by atoms with E-state index in [9.17, 15) is 0 Å². The van der Waals surface area contributed by atoms with Gasteiger partial charge in [0.2, 0.25) is 0 Å². The van der Waals surface area contributed by atoms with Gasteiger partial charge in [-0.05, 0) is 42.5 Å². The summed E-state index contributed by atoms with van der Waals surface area (Å²) in [6.45, 7) is 2.09. The number of rotatable bonds is 0. The third kappa shape index (κ3) is 1.09. The maximum absolute atomic E-state index is 3.43. The summed E-state index contributed by atoms with van der Waals surface area (Å²) in [5.41, 5.74) is 5.70. The van der Waals surface area contributed by atoms with Gasteiger partial charge in [-0.15, -0.1) is 0 Å². The van der Waals surface area contributed by atoms with Crippen LogP contribution in [0.4, 0.5) is 11.4 Å². The molecule has 1 aliphatic carbocycles. The van der Waals surface area contributed by atoms with Crippen molar-refractivity contribution in [2.75, 3.05) is 23.7 Å². The van der Waals surface area contributed by atoms with Gasteiger partial charge in [0, 0.05) is 13.1 Å². The number of nitrogens with one attached hydrogen (secondary N) is 2. The molecule has 0 saturated carbocycles. The van der Waals surface area contributed by atoms with Crippen molar-refractivity contribution in [2.24, 2.45) is 0 Å². The van der Waals surface area contributed by atoms with E-state index in [1.54, 1.807) is 11.1 Å². The zero-order valence-corrected chi connectivity index (χ0v) is 7.69. The maximum atomic E-state index is 3.43. The van der Waals surface area contributed by atoms with Crippen LogP contribution in [0.25, 0.3) is 0 Å². The third-order valence-corrected chi connectivity index (χ3v) is 2.99. The number of anilines is 2. The molecular formula is C11H14N2. The molecule has 2 nitrogen and oxygen atoms in total. The molecule has 0 aromatic heterocycles. The van der Waals surface area contributed by atoms with Crippen LogP contribution in [0.5, 0.6) is 0 Å². The Hall–Kier alpha value is -1.18. The van der Waals surface area contributed by atoms with E-state index in [0.717, 1.165) is 13.1 Å². The summed E-state index contributed by atoms with van der Waals surface area (Å²) >= 11 is 0. The number of aryl methyl sites for hydroxylation is 2. The Balaban J connectivity index is 2.11. The minimum absolute atomic E-state index is 1.05. The molecule has 1 aromatic carbocycles. The molecule has 68 valence electrons. The smallest absolute Gasteiger partial charge is 0.0579 e. The largest absolute Gasteiger partial charge is 0.382 e. The van der Waals surface area contributed by atoms with Crippen LogP contribution in [0, 0.1) is 0 Å². The van der Waals surface area contributed by atoms with Crippen LogP contribution in [-0.4, -0.2) is 13.1 Å². The van der Waals surface area contributed by atoms with E-state index in [-0.39, 0.29) is 0 Å². The Morgan fingerprint density at radius 2 is 1.38 bits per heavy atom. The second-order valence-corrected chi connectivity index (χ2v) is 3.87. The Labute approximate surface area is 78.3 Å². The molecule has 0 spiro atoms. The van der Waals surface area contributed by atoms with Gasteiger partial charge in [0.25, 0.3) is 0 Å². The molecule has 0 amide bonds. The lowest BCUT2D eigenvalue weighted by Crippen LogP contribution is -2.20. The Morgan fingerprint density at radius 3 is 1.92 bits per heavy atom. The van der Waals surface area contributed by atoms with Crippen LogP contribution in [0.2, 0.25) is 0 Å². The lowest BCUT2D eigenvalue weighted by Gasteiger charge is -2.21. The highest BCUT2D eigenvalue weighted by Gasteiger charge is 2.15. The highest BCUT2D eigenvalue weighted by atomic mass is 15.0. The predicted molar refractivity (Wildman–Crippen MR) is 55.4 cm³/mol. The topological polar surface area (TPSA) is 24.1 Å². The second kappa shape index (κ2) is 2.66. The lowest BCUT2D eigenvalue weighted by atomic mass is 10.1. The van der Waals surface area contributed by atoms with Crippen LogP contribution < -0.4 is 10.6 Å². The van der Waals surface area contributed by atoms with Gasteiger partial charge in [-0.3, -0.25) is 0 Å². The first-order valence-electron chi connectivity index (χ1n) is 5.07. The van der Waals surface area contributed by atoms with E-state index < -0.39 is 0 Å². The van der Waals surface area contributed by atoms with Gasteiger partial charge in [-0.1, -0.05) is 0 Å². The van der Waals surface area contributed by atoms with Crippen molar-refractivity contribution in [3.05, 3.63) is 23.3 Å². The maximum Gasteiger partial charge on any atom is 0.0579 e. The summed E-state index contributed by atoms with van der Waals surface area (Å²) in [5.74, 6) is 0. The summed E-state index contributed by atoms with van der Waals surface area (Å²) in [6.07, 6.45) is 3.87. The summed E-state index contributed by atoms with van der Waals surface area (Å²) in [4.78, 5) is 0. The van der Waals surface area contributed by atoms with Gasteiger partial charge in [0.1, 0.15) is 0 Å². The highest BCUT2D eigenvalue weighted by molar-refractivity contribution is 5.73. The quantitative estimate of drug-likeness (QED) is 0.628. The number of hydrogen-bond donors (Lipinski definition) is 2. The number of benzene rings is 1. The van der Waals surface area contributed by atoms with Crippen molar-refractivity contribution in [1.82, 2.24) is 0 Å². The molecule has 0 saturated heterocycles. The molecule has 1 aliphatic heterocycles. The van der Waals surface area contributed by atoms with Crippen molar-refractivity contribution in [1.29, 1.82) is 0 Å². The van der Waals surface area contributed by atoms with E-state index in [2.05, 4.69) is 22.8 Å². The van der Waals surface area contributed by atoms with E-state index in [1.807, 2.05) is 0 Å². The molecule has 0 fully saturated rings. The van der Waals surface area contributed by atoms with Crippen LogP contribution in [0.1, 0.15) is 17.5 Å². The lowest BCUT2D eigenvalue weighted by molar-refractivity contribution is 0.912. The highest BCUT2D eigenvalue weighted by Crippen LogP contribution is 2.32. The standard InChI is InChI=1S/C11H14N2/c1-2-8-6-10-11(7-9(8)3-1)13-5-4-12-10/h6-7,12-13H,1-5H2. The Morgan fingerprint density at radius 1 is 0.846 bits per heavy atom. The van der Waals surface area contributed by atoms with Crippen LogP contribution >= 0.6 is 0 Å². The van der Waals surface area contributed by atoms with Gasteiger partial charge in [-0.2, -0.15) is 0 Å². The van der Waals surface area contributed by atoms with Gasteiger partial charge in [-0.25, -0.2) is 0 Å². The van der Waals surface area contributed by atoms with E-state index in [4.69, 9.17) is 0 Å². The molecule has 0 bridgehead atoms. The van der Waals surface area contributed by atoms with E-state index in [1.165, 1.54) is 30.6 Å². The average molecular weight is 174 g/mol. The van der Waals surface area contributed by atoms with Gasteiger partial charge in [0.15, 0.2) is 0 Å². The Kier molecular flexibility index (Phi) is 1.48. The summed E-state index contributed by atoms with van der Waals surface area (Å²) in [5, 5.41) is 6.86. The zero-order chi connectivity index (χ0) is 8.67. The average Bonchev–Trinajstić information content (AvgIpc) is 2.61. The van der Waals surface area contributed by atoms with Crippen molar-refractivity contribution in [3.8, 4) is 0 Å². The van der Waals surface area contributed by atoms with Crippen LogP contribution in [-0.2, 0) is 12.8 Å². The van der Waals surface area contributed by atoms with Gasteiger partial charge in [0.05, 0.1) is 11.4 Å². The third-order valence-electron chi connectivity index (χ3n) is 2.99. The van der Waals surface area contributed by atoms with Crippen LogP contribution in [0.15, 0.2) is 12.1 Å². The van der Waals surface area contributed by atoms with Crippen LogP contribution in [0.3, 0.4) is 0 Å². The molecule has 1 heterocycles. The molecule has 2 aliphatic rings. The first-order chi connectivity index (χ1) is 6.43. The fraction of sp³-hybridized carbons (Fsp3) is 0.455. The molecular weight excluding hydrogens is 160 g/mol. The van der Waals surface area contributed by atoms with E-state index >= 15 is 0 Å². The number of fused-ring (bicyclic) bond motifs is 2. The normalized spacial score (nSPS) is 18.5. The summed E-state index contributed by atoms with van der Waals surface area (Å²) in [6, 6.07) is 4.65. The summed E-state index contributed by atoms with van der Waals surface area (Å²) < 4.78 is 0. The first kappa shape index (κ1) is 7.25. The van der Waals surface area contributed by atoms with Gasteiger partial charge >= 0.3 is 0 Å². The molecule has 0 unspecified atom stereocenters. The molecule has 13 heavy (non-hydrogen) atoms.